The maximum absolute atomic E-state index is 11.4. The Morgan fingerprint density at radius 1 is 1.26 bits per heavy atom. The number of carbonyl (C=O) groups excluding carboxylic acids is 2. The number of rotatable bonds is 4. The van der Waals surface area contributed by atoms with Crippen LogP contribution in [0.1, 0.15) is 19.4 Å². The first-order valence-electron chi connectivity index (χ1n) is 5.81. The highest BCUT2D eigenvalue weighted by molar-refractivity contribution is 6.35. The van der Waals surface area contributed by atoms with E-state index in [0.717, 1.165) is 0 Å². The summed E-state index contributed by atoms with van der Waals surface area (Å²) in [5.74, 6) is -0.890. The first-order chi connectivity index (χ1) is 9.04. The second-order valence-electron chi connectivity index (χ2n) is 4.07. The fourth-order valence-corrected chi connectivity index (χ4v) is 1.31. The second kappa shape index (κ2) is 7.15. The van der Waals surface area contributed by atoms with Gasteiger partial charge in [-0.25, -0.2) is 5.43 Å². The summed E-state index contributed by atoms with van der Waals surface area (Å²) in [5.41, 5.74) is 2.85. The van der Waals surface area contributed by atoms with Crippen molar-refractivity contribution in [2.75, 3.05) is 7.11 Å². The van der Waals surface area contributed by atoms with E-state index >= 15 is 0 Å². The van der Waals surface area contributed by atoms with Gasteiger partial charge < -0.3 is 10.1 Å². The molecule has 6 nitrogen and oxygen atoms in total. The number of methoxy groups -OCH3 is 1. The lowest BCUT2D eigenvalue weighted by atomic mass is 10.2. The second-order valence-corrected chi connectivity index (χ2v) is 4.07. The van der Waals surface area contributed by atoms with Crippen LogP contribution in [-0.2, 0) is 9.59 Å². The predicted octanol–water partition coefficient (Wildman–Crippen LogP) is 0.670. The molecule has 0 aromatic heterocycles. The van der Waals surface area contributed by atoms with Gasteiger partial charge in [-0.3, -0.25) is 9.59 Å². The minimum atomic E-state index is -0.806. The number of nitrogens with zero attached hydrogens (tertiary/aromatic N) is 1. The summed E-state index contributed by atoms with van der Waals surface area (Å²) in [7, 11) is 1.54. The van der Waals surface area contributed by atoms with Crippen molar-refractivity contribution in [2.45, 2.75) is 19.9 Å². The molecule has 0 aliphatic heterocycles. The molecule has 1 aromatic carbocycles. The van der Waals surface area contributed by atoms with Gasteiger partial charge in [0.1, 0.15) is 5.75 Å². The fraction of sp³-hybridized carbons (Fsp3) is 0.308. The van der Waals surface area contributed by atoms with Crippen molar-refractivity contribution >= 4 is 18.0 Å². The van der Waals surface area contributed by atoms with Crippen molar-refractivity contribution in [3.8, 4) is 5.75 Å². The van der Waals surface area contributed by atoms with E-state index < -0.39 is 11.8 Å². The average Bonchev–Trinajstić information content (AvgIpc) is 2.38. The van der Waals surface area contributed by atoms with E-state index in [1.165, 1.54) is 6.21 Å². The number of hydrazone groups is 1. The molecule has 19 heavy (non-hydrogen) atoms. The van der Waals surface area contributed by atoms with Crippen molar-refractivity contribution in [3.63, 3.8) is 0 Å². The van der Waals surface area contributed by atoms with Crippen LogP contribution in [0.15, 0.2) is 29.4 Å². The van der Waals surface area contributed by atoms with Crippen LogP contribution in [0.4, 0.5) is 0 Å². The van der Waals surface area contributed by atoms with Crippen LogP contribution in [0.5, 0.6) is 5.75 Å². The van der Waals surface area contributed by atoms with Gasteiger partial charge in [0.2, 0.25) is 0 Å². The molecule has 0 atom stereocenters. The van der Waals surface area contributed by atoms with Crippen LogP contribution in [0.25, 0.3) is 0 Å². The van der Waals surface area contributed by atoms with Gasteiger partial charge in [-0.2, -0.15) is 5.10 Å². The molecule has 0 saturated heterocycles. The lowest BCUT2D eigenvalue weighted by molar-refractivity contribution is -0.139. The zero-order valence-electron chi connectivity index (χ0n) is 11.1. The molecule has 0 fully saturated rings. The molecule has 0 radical (unpaired) electrons. The van der Waals surface area contributed by atoms with E-state index in [9.17, 15) is 9.59 Å². The molecule has 102 valence electrons. The monoisotopic (exact) mass is 263 g/mol. The zero-order chi connectivity index (χ0) is 14.3. The Bertz CT molecular complexity index is 484. The first-order valence-corrected chi connectivity index (χ1v) is 5.81. The summed E-state index contributed by atoms with van der Waals surface area (Å²) in [4.78, 5) is 22.7. The van der Waals surface area contributed by atoms with Crippen LogP contribution in [-0.4, -0.2) is 31.2 Å². The van der Waals surface area contributed by atoms with Gasteiger partial charge in [-0.15, -0.1) is 0 Å². The summed E-state index contributed by atoms with van der Waals surface area (Å²) >= 11 is 0. The van der Waals surface area contributed by atoms with Crippen LogP contribution in [0.3, 0.4) is 0 Å². The standard InChI is InChI=1S/C13H17N3O3/c1-9(2)15-12(17)13(18)16-14-8-10-6-4-5-7-11(10)19-3/h4-9H,1-3H3,(H,15,17)(H,16,18)/b14-8-. The molecule has 2 N–H and O–H groups in total. The highest BCUT2D eigenvalue weighted by atomic mass is 16.5. The minimum absolute atomic E-state index is 0.101. The number of nitrogens with one attached hydrogen (secondary N) is 2. The molecule has 0 spiro atoms. The van der Waals surface area contributed by atoms with Crippen molar-refractivity contribution in [1.82, 2.24) is 10.7 Å². The Kier molecular flexibility index (Phi) is 5.53. The first kappa shape index (κ1) is 14.7. The van der Waals surface area contributed by atoms with E-state index in [4.69, 9.17) is 4.74 Å². The summed E-state index contributed by atoms with van der Waals surface area (Å²) in [5, 5.41) is 6.18. The molecule has 0 aliphatic rings. The van der Waals surface area contributed by atoms with Gasteiger partial charge in [0.15, 0.2) is 0 Å². The normalized spacial score (nSPS) is 10.5. The van der Waals surface area contributed by atoms with Crippen LogP contribution >= 0.6 is 0 Å². The summed E-state index contributed by atoms with van der Waals surface area (Å²) in [6.07, 6.45) is 1.42. The highest BCUT2D eigenvalue weighted by Crippen LogP contribution is 2.14. The molecular weight excluding hydrogens is 246 g/mol. The SMILES string of the molecule is COc1ccccc1/C=N\NC(=O)C(=O)NC(C)C. The predicted molar refractivity (Wildman–Crippen MR) is 72.0 cm³/mol. The number of amides is 2. The van der Waals surface area contributed by atoms with Crippen LogP contribution < -0.4 is 15.5 Å². The zero-order valence-corrected chi connectivity index (χ0v) is 11.1. The van der Waals surface area contributed by atoms with Gasteiger partial charge in [0.05, 0.1) is 13.3 Å². The Labute approximate surface area is 111 Å². The molecule has 0 unspecified atom stereocenters. The summed E-state index contributed by atoms with van der Waals surface area (Å²) in [6, 6.07) is 7.09. The topological polar surface area (TPSA) is 79.8 Å². The molecule has 6 heteroatoms. The van der Waals surface area contributed by atoms with E-state index in [2.05, 4.69) is 15.8 Å². The van der Waals surface area contributed by atoms with Gasteiger partial charge >= 0.3 is 11.8 Å². The molecule has 2 amide bonds. The van der Waals surface area contributed by atoms with Gasteiger partial charge in [0, 0.05) is 11.6 Å². The Balaban J connectivity index is 2.58. The van der Waals surface area contributed by atoms with E-state index in [1.807, 2.05) is 12.1 Å². The maximum Gasteiger partial charge on any atom is 0.329 e. The lowest BCUT2D eigenvalue weighted by Gasteiger charge is -2.06. The van der Waals surface area contributed by atoms with Crippen LogP contribution in [0.2, 0.25) is 0 Å². The summed E-state index contributed by atoms with van der Waals surface area (Å²) < 4.78 is 5.12. The van der Waals surface area contributed by atoms with Crippen molar-refractivity contribution in [1.29, 1.82) is 0 Å². The third kappa shape index (κ3) is 4.79. The lowest BCUT2D eigenvalue weighted by Crippen LogP contribution is -2.41. The number of carbonyl (C=O) groups is 2. The molecule has 0 aliphatic carbocycles. The van der Waals surface area contributed by atoms with Crippen molar-refractivity contribution < 1.29 is 14.3 Å². The van der Waals surface area contributed by atoms with Crippen LogP contribution in [0, 0.1) is 0 Å². The largest absolute Gasteiger partial charge is 0.496 e. The molecule has 0 saturated carbocycles. The Hall–Kier alpha value is -2.37. The van der Waals surface area contributed by atoms with Gasteiger partial charge in [-0.05, 0) is 26.0 Å². The fourth-order valence-electron chi connectivity index (χ4n) is 1.31. The highest BCUT2D eigenvalue weighted by Gasteiger charge is 2.12. The van der Waals surface area contributed by atoms with Crippen molar-refractivity contribution in [2.24, 2.45) is 5.10 Å². The van der Waals surface area contributed by atoms with E-state index in [0.29, 0.717) is 11.3 Å². The number of ether oxygens (including phenoxy) is 1. The molecular formula is C13H17N3O3. The van der Waals surface area contributed by atoms with Gasteiger partial charge in [0.25, 0.3) is 0 Å². The smallest absolute Gasteiger partial charge is 0.329 e. The van der Waals surface area contributed by atoms with Gasteiger partial charge in [-0.1, -0.05) is 12.1 Å². The molecule has 0 heterocycles. The molecule has 1 aromatic rings. The minimum Gasteiger partial charge on any atom is -0.496 e. The Morgan fingerprint density at radius 2 is 1.95 bits per heavy atom. The summed E-state index contributed by atoms with van der Waals surface area (Å²) in [6.45, 7) is 3.53. The number of hydrogen-bond acceptors (Lipinski definition) is 4. The number of hydrogen-bond donors (Lipinski definition) is 2. The van der Waals surface area contributed by atoms with E-state index in [-0.39, 0.29) is 6.04 Å². The van der Waals surface area contributed by atoms with Crippen molar-refractivity contribution in [3.05, 3.63) is 29.8 Å². The average molecular weight is 263 g/mol. The van der Waals surface area contributed by atoms with E-state index in [1.54, 1.807) is 33.1 Å². The number of benzene rings is 1. The third-order valence-corrected chi connectivity index (χ3v) is 2.13. The molecule has 0 bridgehead atoms. The quantitative estimate of drug-likeness (QED) is 0.476. The maximum atomic E-state index is 11.4. The third-order valence-electron chi connectivity index (χ3n) is 2.13. The number of para-hydroxylation sites is 1. The molecule has 1 rings (SSSR count). The Morgan fingerprint density at radius 3 is 2.58 bits per heavy atom.